The number of amides is 2. The van der Waals surface area contributed by atoms with Crippen LogP contribution in [-0.4, -0.2) is 43.8 Å². The number of anilines is 1. The molecule has 9 nitrogen and oxygen atoms in total. The number of rotatable bonds is 6. The lowest BCUT2D eigenvalue weighted by Crippen LogP contribution is -2.43. The molecule has 0 aliphatic carbocycles. The average Bonchev–Trinajstić information content (AvgIpc) is 3.57. The number of fused-ring (bicyclic) bond motifs is 1. The quantitative estimate of drug-likeness (QED) is 0.403. The third-order valence-electron chi connectivity index (χ3n) is 5.79. The van der Waals surface area contributed by atoms with Gasteiger partial charge in [0.15, 0.2) is 0 Å². The van der Waals surface area contributed by atoms with Crippen LogP contribution in [0.4, 0.5) is 5.69 Å². The molecule has 1 aromatic heterocycles. The Bertz CT molecular complexity index is 1480. The second-order valence-electron chi connectivity index (χ2n) is 8.19. The van der Waals surface area contributed by atoms with Crippen molar-refractivity contribution in [1.82, 2.24) is 13.6 Å². The van der Waals surface area contributed by atoms with E-state index in [1.165, 1.54) is 4.90 Å². The molecule has 1 fully saturated rings. The van der Waals surface area contributed by atoms with Gasteiger partial charge in [0, 0.05) is 12.0 Å². The first-order chi connectivity index (χ1) is 17.6. The molecule has 10 heteroatoms. The van der Waals surface area contributed by atoms with E-state index in [2.05, 4.69) is 19.2 Å². The highest BCUT2D eigenvalue weighted by Gasteiger charge is 2.38. The molecule has 0 bridgehead atoms. The highest BCUT2D eigenvalue weighted by Crippen LogP contribution is 2.25. The third kappa shape index (κ3) is 4.92. The maximum Gasteiger partial charge on any atom is 0.254 e. The van der Waals surface area contributed by atoms with Gasteiger partial charge in [-0.2, -0.15) is 14.0 Å². The van der Waals surface area contributed by atoms with Gasteiger partial charge in [-0.15, -0.1) is 0 Å². The van der Waals surface area contributed by atoms with Crippen LogP contribution in [0.2, 0.25) is 0 Å². The van der Waals surface area contributed by atoms with Gasteiger partial charge in [-0.25, -0.2) is 0 Å². The van der Waals surface area contributed by atoms with Crippen molar-refractivity contribution < 1.29 is 14.4 Å². The van der Waals surface area contributed by atoms with Gasteiger partial charge in [0.05, 0.1) is 41.3 Å². The van der Waals surface area contributed by atoms with E-state index >= 15 is 0 Å². The summed E-state index contributed by atoms with van der Waals surface area (Å²) in [4.78, 5) is 33.8. The van der Waals surface area contributed by atoms with Gasteiger partial charge in [0.25, 0.3) is 5.91 Å². The molecule has 2 heterocycles. The molecule has 3 aromatic carbocycles. The molecular weight excluding hydrogens is 476 g/mol. The molecule has 1 atom stereocenters. The van der Waals surface area contributed by atoms with Crippen LogP contribution in [0.25, 0.3) is 11.0 Å². The van der Waals surface area contributed by atoms with E-state index in [4.69, 9.17) is 10.1 Å². The van der Waals surface area contributed by atoms with E-state index in [-0.39, 0.29) is 31.4 Å². The van der Waals surface area contributed by atoms with E-state index in [9.17, 15) is 9.59 Å². The number of likely N-dealkylation sites (tertiary alicyclic amines) is 1. The molecule has 1 N–H and O–H groups in total. The van der Waals surface area contributed by atoms with E-state index < -0.39 is 6.04 Å². The fourth-order valence-corrected chi connectivity index (χ4v) is 4.52. The Morgan fingerprint density at radius 3 is 2.67 bits per heavy atom. The van der Waals surface area contributed by atoms with Crippen LogP contribution in [0, 0.1) is 11.3 Å². The lowest BCUT2D eigenvalue weighted by Gasteiger charge is -2.23. The topological polar surface area (TPSA) is 121 Å². The molecule has 2 amide bonds. The van der Waals surface area contributed by atoms with E-state index in [1.807, 2.05) is 42.5 Å². The maximum absolute atomic E-state index is 13.4. The Labute approximate surface area is 210 Å². The number of carbonyl (C=O) groups excluding carboxylic acids is 2. The summed E-state index contributed by atoms with van der Waals surface area (Å²) in [6, 6.07) is 22.5. The van der Waals surface area contributed by atoms with Gasteiger partial charge in [-0.1, -0.05) is 41.6 Å². The second kappa shape index (κ2) is 10.3. The Balaban J connectivity index is 1.37. The first kappa shape index (κ1) is 23.1. The van der Waals surface area contributed by atoms with Crippen molar-refractivity contribution in [3.8, 4) is 6.07 Å². The minimum Gasteiger partial charge on any atom is -0.391 e. The van der Waals surface area contributed by atoms with Crippen LogP contribution in [0.15, 0.2) is 78.0 Å². The molecule has 0 radical (unpaired) electrons. The van der Waals surface area contributed by atoms with Gasteiger partial charge in [0.2, 0.25) is 5.91 Å². The van der Waals surface area contributed by atoms with Gasteiger partial charge >= 0.3 is 0 Å². The minimum absolute atomic E-state index is 0.147. The van der Waals surface area contributed by atoms with Crippen molar-refractivity contribution in [3.63, 3.8) is 0 Å². The highest BCUT2D eigenvalue weighted by molar-refractivity contribution is 7.00. The standard InChI is InChI=1S/C26H20N6O3S/c27-14-17-9-11-19(12-10-17)26(34)32-15-20(29-35-16-18-5-2-1-3-6-18)13-23(32)25(33)28-21-7-4-8-22-24(21)31-36-30-22/h1-12,23H,13,15-16H2,(H,28,33)/b29-20+/t23-/m0/s1. The van der Waals surface area contributed by atoms with Crippen molar-refractivity contribution in [2.45, 2.75) is 19.1 Å². The Kier molecular flexibility index (Phi) is 6.64. The number of hydrogen-bond donors (Lipinski definition) is 1. The van der Waals surface area contributed by atoms with E-state index in [0.717, 1.165) is 17.3 Å². The molecule has 36 heavy (non-hydrogen) atoms. The highest BCUT2D eigenvalue weighted by atomic mass is 32.1. The summed E-state index contributed by atoms with van der Waals surface area (Å²) in [6.45, 7) is 0.428. The van der Waals surface area contributed by atoms with Crippen LogP contribution in [0.5, 0.6) is 0 Å². The molecular formula is C26H20N6O3S. The van der Waals surface area contributed by atoms with Crippen molar-refractivity contribution in [1.29, 1.82) is 5.26 Å². The van der Waals surface area contributed by atoms with Gasteiger partial charge in [-0.05, 0) is 42.0 Å². The molecule has 5 rings (SSSR count). The number of nitrogens with zero attached hydrogens (tertiary/aromatic N) is 5. The molecule has 0 spiro atoms. The zero-order valence-corrected chi connectivity index (χ0v) is 19.8. The second-order valence-corrected chi connectivity index (χ2v) is 8.71. The summed E-state index contributed by atoms with van der Waals surface area (Å²) < 4.78 is 8.47. The van der Waals surface area contributed by atoms with E-state index in [1.54, 1.807) is 36.4 Å². The Morgan fingerprint density at radius 1 is 1.08 bits per heavy atom. The summed E-state index contributed by atoms with van der Waals surface area (Å²) in [6.07, 6.45) is 0.230. The molecule has 1 aliphatic heterocycles. The smallest absolute Gasteiger partial charge is 0.254 e. The molecule has 1 aliphatic rings. The summed E-state index contributed by atoms with van der Waals surface area (Å²) in [5.41, 5.74) is 4.19. The Morgan fingerprint density at radius 2 is 1.89 bits per heavy atom. The molecule has 178 valence electrons. The number of nitrogens with one attached hydrogen (secondary N) is 1. The summed E-state index contributed by atoms with van der Waals surface area (Å²) >= 11 is 1.07. The average molecular weight is 497 g/mol. The lowest BCUT2D eigenvalue weighted by molar-refractivity contribution is -0.119. The number of carbonyl (C=O) groups is 2. The van der Waals surface area contributed by atoms with Gasteiger partial charge < -0.3 is 15.1 Å². The van der Waals surface area contributed by atoms with Crippen molar-refractivity contribution in [3.05, 3.63) is 89.5 Å². The normalized spacial score (nSPS) is 16.1. The number of hydrogen-bond acceptors (Lipinski definition) is 8. The molecule has 0 saturated carbocycles. The summed E-state index contributed by atoms with van der Waals surface area (Å²) in [7, 11) is 0. The fourth-order valence-electron chi connectivity index (χ4n) is 3.97. The predicted octanol–water partition coefficient (Wildman–Crippen LogP) is 3.99. The lowest BCUT2D eigenvalue weighted by atomic mass is 10.1. The summed E-state index contributed by atoms with van der Waals surface area (Å²) in [5, 5.41) is 16.2. The number of benzene rings is 3. The Hall–Kier alpha value is -4.62. The van der Waals surface area contributed by atoms with Gasteiger partial charge in [0.1, 0.15) is 23.7 Å². The van der Waals surface area contributed by atoms with Crippen LogP contribution < -0.4 is 5.32 Å². The number of oxime groups is 1. The van der Waals surface area contributed by atoms with Crippen LogP contribution in [0.3, 0.4) is 0 Å². The zero-order chi connectivity index (χ0) is 24.9. The van der Waals surface area contributed by atoms with Crippen molar-refractivity contribution in [2.75, 3.05) is 11.9 Å². The largest absolute Gasteiger partial charge is 0.391 e. The zero-order valence-electron chi connectivity index (χ0n) is 19.0. The minimum atomic E-state index is -0.797. The molecule has 4 aromatic rings. The number of nitriles is 1. The predicted molar refractivity (Wildman–Crippen MR) is 135 cm³/mol. The maximum atomic E-state index is 13.4. The molecule has 0 unspecified atom stereocenters. The monoisotopic (exact) mass is 496 g/mol. The molecule has 1 saturated heterocycles. The summed E-state index contributed by atoms with van der Waals surface area (Å²) in [5.74, 6) is -0.688. The first-order valence-corrected chi connectivity index (χ1v) is 11.9. The van der Waals surface area contributed by atoms with Crippen molar-refractivity contribution in [2.24, 2.45) is 5.16 Å². The SMILES string of the molecule is N#Cc1ccc(C(=O)N2C/C(=N/OCc3ccccc3)C[C@H]2C(=O)Nc2cccc3nsnc23)cc1. The van der Waals surface area contributed by atoms with Crippen LogP contribution in [-0.2, 0) is 16.2 Å². The first-order valence-electron chi connectivity index (χ1n) is 11.2. The van der Waals surface area contributed by atoms with E-state index in [0.29, 0.717) is 33.6 Å². The van der Waals surface area contributed by atoms with Crippen LogP contribution >= 0.6 is 11.7 Å². The van der Waals surface area contributed by atoms with Crippen LogP contribution in [0.1, 0.15) is 27.9 Å². The fraction of sp³-hybridized carbons (Fsp3) is 0.154. The van der Waals surface area contributed by atoms with Gasteiger partial charge in [-0.3, -0.25) is 9.59 Å². The van der Waals surface area contributed by atoms with Crippen molar-refractivity contribution >= 4 is 46.0 Å². The third-order valence-corrected chi connectivity index (χ3v) is 6.34. The number of aromatic nitrogens is 2.